The van der Waals surface area contributed by atoms with E-state index in [2.05, 4.69) is 43.6 Å². The van der Waals surface area contributed by atoms with E-state index in [1.165, 1.54) is 0 Å². The van der Waals surface area contributed by atoms with Gasteiger partial charge >= 0.3 is 0 Å². The number of aromatic nitrogens is 4. The lowest BCUT2D eigenvalue weighted by Crippen LogP contribution is -2.01. The van der Waals surface area contributed by atoms with Crippen LogP contribution in [0.25, 0.3) is 16.7 Å². The van der Waals surface area contributed by atoms with Crippen molar-refractivity contribution in [2.24, 2.45) is 7.05 Å². The van der Waals surface area contributed by atoms with Crippen LogP contribution in [0.2, 0.25) is 0 Å². The van der Waals surface area contributed by atoms with E-state index in [-0.39, 0.29) is 0 Å². The lowest BCUT2D eigenvalue weighted by atomic mass is 10.2. The molecule has 0 amide bonds. The van der Waals surface area contributed by atoms with Gasteiger partial charge in [0.15, 0.2) is 0 Å². The summed E-state index contributed by atoms with van der Waals surface area (Å²) < 4.78 is 4.94. The smallest absolute Gasteiger partial charge is 0.129 e. The summed E-state index contributed by atoms with van der Waals surface area (Å²) in [6, 6.07) is 6.07. The maximum Gasteiger partial charge on any atom is 0.129 e. The maximum atomic E-state index is 6.07. The van der Waals surface area contributed by atoms with Crippen LogP contribution in [0.15, 0.2) is 28.9 Å². The first kappa shape index (κ1) is 13.6. The van der Waals surface area contributed by atoms with Crippen LogP contribution in [-0.4, -0.2) is 19.3 Å². The van der Waals surface area contributed by atoms with E-state index >= 15 is 0 Å². The monoisotopic (exact) mass is 352 g/mol. The molecule has 20 heavy (non-hydrogen) atoms. The summed E-state index contributed by atoms with van der Waals surface area (Å²) in [6.45, 7) is 2.10. The average Bonchev–Trinajstić information content (AvgIpc) is 2.97. The number of halogens is 2. The number of benzene rings is 1. The molecule has 0 atom stereocenters. The Bertz CT molecular complexity index is 775. The van der Waals surface area contributed by atoms with Crippen LogP contribution in [0.3, 0.4) is 0 Å². The van der Waals surface area contributed by atoms with Crippen molar-refractivity contribution in [3.05, 3.63) is 40.4 Å². The molecule has 1 aromatic carbocycles. The van der Waals surface area contributed by atoms with Crippen molar-refractivity contribution in [1.82, 2.24) is 19.3 Å². The number of fused-ring (bicyclic) bond motifs is 1. The zero-order valence-corrected chi connectivity index (χ0v) is 13.6. The fourth-order valence-corrected chi connectivity index (χ4v) is 2.95. The molecule has 0 saturated carbocycles. The van der Waals surface area contributed by atoms with E-state index in [4.69, 9.17) is 11.6 Å². The Labute approximate surface area is 130 Å². The minimum Gasteiger partial charge on any atom is -0.292 e. The van der Waals surface area contributed by atoms with Crippen molar-refractivity contribution in [2.75, 3.05) is 0 Å². The minimum atomic E-state index is 0.365. The van der Waals surface area contributed by atoms with Crippen LogP contribution < -0.4 is 0 Å². The molecule has 0 bridgehead atoms. The number of alkyl halides is 1. The molecular weight excluding hydrogens is 340 g/mol. The number of aryl methyl sites for hydroxylation is 2. The predicted molar refractivity (Wildman–Crippen MR) is 84.5 cm³/mol. The van der Waals surface area contributed by atoms with Crippen LogP contribution >= 0.6 is 27.5 Å². The van der Waals surface area contributed by atoms with Crippen LogP contribution in [0, 0.1) is 0 Å². The number of hydrogen-bond acceptors (Lipinski definition) is 2. The summed E-state index contributed by atoms with van der Waals surface area (Å²) in [4.78, 5) is 4.62. The Morgan fingerprint density at radius 2 is 2.15 bits per heavy atom. The molecule has 0 aliphatic heterocycles. The highest BCUT2D eigenvalue weighted by molar-refractivity contribution is 9.10. The van der Waals surface area contributed by atoms with E-state index in [1.54, 1.807) is 0 Å². The van der Waals surface area contributed by atoms with Gasteiger partial charge in [-0.3, -0.25) is 9.25 Å². The second kappa shape index (κ2) is 5.22. The SMILES string of the molecule is CCc1nn(C)cc1-n1c(CCl)nc2cc(Br)ccc21. The van der Waals surface area contributed by atoms with E-state index in [0.29, 0.717) is 5.88 Å². The van der Waals surface area contributed by atoms with Crippen molar-refractivity contribution < 1.29 is 0 Å². The Morgan fingerprint density at radius 3 is 2.85 bits per heavy atom. The van der Waals surface area contributed by atoms with Crippen LogP contribution in [0.1, 0.15) is 18.4 Å². The van der Waals surface area contributed by atoms with Gasteiger partial charge < -0.3 is 0 Å². The molecule has 0 radical (unpaired) electrons. The van der Waals surface area contributed by atoms with Crippen LogP contribution in [0.4, 0.5) is 0 Å². The Balaban J connectivity index is 2.33. The van der Waals surface area contributed by atoms with Gasteiger partial charge in [-0.2, -0.15) is 5.10 Å². The van der Waals surface area contributed by atoms with Crippen molar-refractivity contribution in [3.8, 4) is 5.69 Å². The summed E-state index contributed by atoms with van der Waals surface area (Å²) in [5.41, 5.74) is 4.07. The Kier molecular flexibility index (Phi) is 3.56. The normalized spacial score (nSPS) is 11.4. The maximum absolute atomic E-state index is 6.07. The van der Waals surface area contributed by atoms with Crippen molar-refractivity contribution in [3.63, 3.8) is 0 Å². The molecule has 0 unspecified atom stereocenters. The van der Waals surface area contributed by atoms with E-state index in [9.17, 15) is 0 Å². The standard InChI is InChI=1S/C14H14BrClN4/c1-3-10-13(8-19(2)18-10)20-12-5-4-9(15)6-11(12)17-14(20)7-16/h4-6,8H,3,7H2,1-2H3. The summed E-state index contributed by atoms with van der Waals surface area (Å²) in [7, 11) is 1.93. The first-order valence-corrected chi connectivity index (χ1v) is 7.72. The number of rotatable bonds is 3. The summed E-state index contributed by atoms with van der Waals surface area (Å²) in [6.07, 6.45) is 2.88. The van der Waals surface area contributed by atoms with Gasteiger partial charge in [-0.15, -0.1) is 11.6 Å². The van der Waals surface area contributed by atoms with Gasteiger partial charge in [-0.1, -0.05) is 22.9 Å². The number of hydrogen-bond donors (Lipinski definition) is 0. The van der Waals surface area contributed by atoms with Gasteiger partial charge in [0.1, 0.15) is 5.82 Å². The summed E-state index contributed by atoms with van der Waals surface area (Å²) in [5, 5.41) is 4.50. The van der Waals surface area contributed by atoms with Gasteiger partial charge in [0.05, 0.1) is 28.3 Å². The van der Waals surface area contributed by atoms with Crippen molar-refractivity contribution >= 4 is 38.6 Å². The molecule has 104 valence electrons. The highest BCUT2D eigenvalue weighted by atomic mass is 79.9. The molecule has 2 heterocycles. The largest absolute Gasteiger partial charge is 0.292 e. The molecule has 6 heteroatoms. The van der Waals surface area contributed by atoms with Gasteiger partial charge in [0.2, 0.25) is 0 Å². The third-order valence-corrected chi connectivity index (χ3v) is 4.00. The van der Waals surface area contributed by atoms with Crippen LogP contribution in [-0.2, 0) is 19.3 Å². The molecule has 3 aromatic rings. The molecule has 0 aliphatic carbocycles. The minimum absolute atomic E-state index is 0.365. The van der Waals surface area contributed by atoms with Gasteiger partial charge in [-0.25, -0.2) is 4.98 Å². The van der Waals surface area contributed by atoms with Crippen LogP contribution in [0.5, 0.6) is 0 Å². The molecule has 4 nitrogen and oxygen atoms in total. The van der Waals surface area contributed by atoms with Crippen molar-refractivity contribution in [1.29, 1.82) is 0 Å². The first-order valence-electron chi connectivity index (χ1n) is 6.39. The third-order valence-electron chi connectivity index (χ3n) is 3.26. The summed E-state index contributed by atoms with van der Waals surface area (Å²) >= 11 is 9.55. The fraction of sp³-hybridized carbons (Fsp3) is 0.286. The van der Waals surface area contributed by atoms with E-state index in [1.807, 2.05) is 30.1 Å². The number of nitrogens with zero attached hydrogens (tertiary/aromatic N) is 4. The third kappa shape index (κ3) is 2.15. The zero-order valence-electron chi connectivity index (χ0n) is 11.3. The first-order chi connectivity index (χ1) is 9.63. The fourth-order valence-electron chi connectivity index (χ4n) is 2.42. The summed E-state index contributed by atoms with van der Waals surface area (Å²) in [5.74, 6) is 1.20. The molecule has 0 saturated heterocycles. The second-order valence-electron chi connectivity index (χ2n) is 4.62. The Hall–Kier alpha value is -1.33. The highest BCUT2D eigenvalue weighted by Crippen LogP contribution is 2.26. The number of imidazole rings is 1. The van der Waals surface area contributed by atoms with E-state index < -0.39 is 0 Å². The van der Waals surface area contributed by atoms with Gasteiger partial charge in [-0.05, 0) is 24.6 Å². The van der Waals surface area contributed by atoms with E-state index in [0.717, 1.165) is 39.1 Å². The van der Waals surface area contributed by atoms with Crippen molar-refractivity contribution in [2.45, 2.75) is 19.2 Å². The molecular formula is C14H14BrClN4. The lowest BCUT2D eigenvalue weighted by molar-refractivity contribution is 0.746. The lowest BCUT2D eigenvalue weighted by Gasteiger charge is -2.06. The molecule has 3 rings (SSSR count). The molecule has 0 N–H and O–H groups in total. The molecule has 0 aliphatic rings. The molecule has 2 aromatic heterocycles. The second-order valence-corrected chi connectivity index (χ2v) is 5.80. The van der Waals surface area contributed by atoms with Gasteiger partial charge in [0.25, 0.3) is 0 Å². The Morgan fingerprint density at radius 1 is 1.35 bits per heavy atom. The predicted octanol–water partition coefficient (Wildman–Crippen LogP) is 3.82. The topological polar surface area (TPSA) is 35.6 Å². The highest BCUT2D eigenvalue weighted by Gasteiger charge is 2.16. The zero-order chi connectivity index (χ0) is 14.3. The molecule has 0 fully saturated rings. The molecule has 0 spiro atoms. The van der Waals surface area contributed by atoms with Gasteiger partial charge in [0, 0.05) is 17.7 Å². The quantitative estimate of drug-likeness (QED) is 0.671. The average molecular weight is 354 g/mol.